The number of benzene rings is 1. The lowest BCUT2D eigenvalue weighted by Gasteiger charge is -2.32. The number of pyridine rings is 1. The number of anilines is 1. The minimum atomic E-state index is -0.939. The van der Waals surface area contributed by atoms with Crippen LogP contribution >= 0.6 is 12.2 Å². The number of carbonyl (C=O) groups is 3. The van der Waals surface area contributed by atoms with Gasteiger partial charge in [-0.15, -0.1) is 0 Å². The molecule has 3 rings (SSSR count). The first kappa shape index (κ1) is 31.1. The molecule has 40 heavy (non-hydrogen) atoms. The maximum Gasteiger partial charge on any atom is 0.317 e. The molecule has 216 valence electrons. The average molecular weight is 572 g/mol. The molecule has 0 fully saturated rings. The van der Waals surface area contributed by atoms with E-state index in [9.17, 15) is 19.5 Å². The van der Waals surface area contributed by atoms with Gasteiger partial charge in [0.1, 0.15) is 13.3 Å². The number of aliphatic carboxylic acids is 1. The summed E-state index contributed by atoms with van der Waals surface area (Å²) in [7, 11) is 0. The number of carboxylic acid groups (broad SMARTS) is 1. The molecule has 2 atom stereocenters. The second-order valence-corrected chi connectivity index (χ2v) is 10.5. The Morgan fingerprint density at radius 1 is 1.15 bits per heavy atom. The SMILES string of the molecule is CC(C)C(=S)Nc1ccc(C[C@H]2CN(CC(=O)O)CCN(COC=O)Cc3cccc(n3)C(COC=O)N2)cc1. The van der Waals surface area contributed by atoms with Crippen molar-refractivity contribution in [2.75, 3.05) is 44.8 Å². The molecule has 11 nitrogen and oxygen atoms in total. The number of rotatable bonds is 12. The van der Waals surface area contributed by atoms with Crippen LogP contribution in [0.4, 0.5) is 5.69 Å². The van der Waals surface area contributed by atoms with Gasteiger partial charge in [0.2, 0.25) is 0 Å². The van der Waals surface area contributed by atoms with Gasteiger partial charge in [0, 0.05) is 43.8 Å². The van der Waals surface area contributed by atoms with E-state index in [1.807, 2.05) is 66.1 Å². The number of nitrogens with zero attached hydrogens (tertiary/aromatic N) is 3. The summed E-state index contributed by atoms with van der Waals surface area (Å²) in [4.78, 5) is 43.0. The van der Waals surface area contributed by atoms with Gasteiger partial charge < -0.3 is 25.2 Å². The smallest absolute Gasteiger partial charge is 0.317 e. The maximum absolute atomic E-state index is 11.7. The molecular formula is C28H37N5O6S. The molecule has 0 spiro atoms. The lowest BCUT2D eigenvalue weighted by molar-refractivity contribution is -0.138. The first-order valence-corrected chi connectivity index (χ1v) is 13.6. The number of hydrogen-bond acceptors (Lipinski definition) is 10. The fourth-order valence-corrected chi connectivity index (χ4v) is 4.58. The van der Waals surface area contributed by atoms with Gasteiger partial charge in [-0.1, -0.05) is 44.3 Å². The summed E-state index contributed by atoms with van der Waals surface area (Å²) >= 11 is 5.40. The van der Waals surface area contributed by atoms with Crippen LogP contribution in [-0.2, 0) is 36.8 Å². The third-order valence-corrected chi connectivity index (χ3v) is 7.04. The molecule has 1 aliphatic rings. The Bertz CT molecular complexity index is 1130. The summed E-state index contributed by atoms with van der Waals surface area (Å²) in [6.45, 7) is 6.51. The molecule has 0 radical (unpaired) electrons. The van der Waals surface area contributed by atoms with Crippen LogP contribution in [-0.4, -0.2) is 89.4 Å². The second kappa shape index (κ2) is 16.0. The summed E-state index contributed by atoms with van der Waals surface area (Å²) < 4.78 is 10.2. The van der Waals surface area contributed by atoms with Gasteiger partial charge in [-0.2, -0.15) is 0 Å². The summed E-state index contributed by atoms with van der Waals surface area (Å²) in [6, 6.07) is 12.9. The highest BCUT2D eigenvalue weighted by Gasteiger charge is 2.25. The van der Waals surface area contributed by atoms with Crippen molar-refractivity contribution in [2.24, 2.45) is 5.92 Å². The number of fused-ring (bicyclic) bond motifs is 2. The molecule has 12 heteroatoms. The topological polar surface area (TPSA) is 133 Å². The summed E-state index contributed by atoms with van der Waals surface area (Å²) in [6.07, 6.45) is 0.584. The molecule has 1 aliphatic heterocycles. The van der Waals surface area contributed by atoms with Crippen LogP contribution in [0.15, 0.2) is 42.5 Å². The molecule has 2 heterocycles. The summed E-state index contributed by atoms with van der Waals surface area (Å²) in [5.41, 5.74) is 3.37. The zero-order valence-corrected chi connectivity index (χ0v) is 23.6. The maximum atomic E-state index is 11.7. The van der Waals surface area contributed by atoms with Crippen LogP contribution in [0.5, 0.6) is 0 Å². The predicted molar refractivity (Wildman–Crippen MR) is 154 cm³/mol. The Hall–Kier alpha value is -3.45. The normalized spacial score (nSPS) is 18.7. The highest BCUT2D eigenvalue weighted by Crippen LogP contribution is 2.18. The molecule has 1 aromatic carbocycles. The molecule has 1 aromatic heterocycles. The van der Waals surface area contributed by atoms with Crippen LogP contribution in [0.2, 0.25) is 0 Å². The van der Waals surface area contributed by atoms with E-state index < -0.39 is 12.0 Å². The standard InChI is InChI=1S/C28H37N5O6S/c1-20(2)28(40)31-22-8-6-21(7-9-22)12-24-14-32(15-27(36)37)10-11-33(17-39-19-35)13-23-4-3-5-25(29-23)26(30-24)16-38-18-34/h3-9,18-20,24,26,30H,10-17H2,1-2H3,(H,31,40)(H,36,37)/t24-,26?/m0/s1. The van der Waals surface area contributed by atoms with E-state index in [1.54, 1.807) is 0 Å². The van der Waals surface area contributed by atoms with Crippen molar-refractivity contribution in [3.05, 3.63) is 59.4 Å². The zero-order valence-electron chi connectivity index (χ0n) is 22.8. The lowest BCUT2D eigenvalue weighted by atomic mass is 10.0. The van der Waals surface area contributed by atoms with E-state index in [1.165, 1.54) is 0 Å². The number of aromatic nitrogens is 1. The third-order valence-electron chi connectivity index (χ3n) is 6.46. The number of nitrogens with one attached hydrogen (secondary N) is 2. The third kappa shape index (κ3) is 10.3. The molecule has 0 amide bonds. The Labute approximate surface area is 239 Å². The van der Waals surface area contributed by atoms with Crippen LogP contribution in [0.1, 0.15) is 36.8 Å². The summed E-state index contributed by atoms with van der Waals surface area (Å²) in [5.74, 6) is -0.709. The van der Waals surface area contributed by atoms with Gasteiger partial charge >= 0.3 is 5.97 Å². The lowest BCUT2D eigenvalue weighted by Crippen LogP contribution is -2.48. The van der Waals surface area contributed by atoms with Crippen molar-refractivity contribution < 1.29 is 29.0 Å². The monoisotopic (exact) mass is 571 g/mol. The molecule has 1 unspecified atom stereocenters. The Morgan fingerprint density at radius 2 is 1.88 bits per heavy atom. The molecule has 0 saturated heterocycles. The Kier molecular flexibility index (Phi) is 12.4. The van der Waals surface area contributed by atoms with Gasteiger partial charge in [0.25, 0.3) is 12.9 Å². The Balaban J connectivity index is 1.90. The first-order valence-electron chi connectivity index (χ1n) is 13.2. The number of carbonyl (C=O) groups excluding carboxylic acids is 2. The van der Waals surface area contributed by atoms with Crippen molar-refractivity contribution in [1.82, 2.24) is 20.1 Å². The molecule has 0 saturated carbocycles. The quantitative estimate of drug-likeness (QED) is 0.255. The molecule has 0 aliphatic carbocycles. The van der Waals surface area contributed by atoms with E-state index in [0.717, 1.165) is 21.9 Å². The molecule has 2 bridgehead atoms. The zero-order chi connectivity index (χ0) is 28.9. The van der Waals surface area contributed by atoms with E-state index in [-0.39, 0.29) is 31.8 Å². The number of thiocarbonyl (C=S) groups is 1. The largest absolute Gasteiger partial charge is 0.480 e. The highest BCUT2D eigenvalue weighted by atomic mass is 32.1. The van der Waals surface area contributed by atoms with Gasteiger partial charge in [-0.05, 0) is 36.2 Å². The van der Waals surface area contributed by atoms with Gasteiger partial charge in [-0.25, -0.2) is 0 Å². The highest BCUT2D eigenvalue weighted by molar-refractivity contribution is 7.80. The van der Waals surface area contributed by atoms with Gasteiger partial charge in [-0.3, -0.25) is 29.2 Å². The van der Waals surface area contributed by atoms with Crippen molar-refractivity contribution in [2.45, 2.75) is 38.9 Å². The van der Waals surface area contributed by atoms with Crippen molar-refractivity contribution in [3.8, 4) is 0 Å². The first-order chi connectivity index (χ1) is 19.3. The fraction of sp³-hybridized carbons (Fsp3) is 0.464. The summed E-state index contributed by atoms with van der Waals surface area (Å²) in [5, 5.41) is 16.4. The van der Waals surface area contributed by atoms with E-state index >= 15 is 0 Å². The molecule has 2 aromatic rings. The minimum Gasteiger partial charge on any atom is -0.480 e. The van der Waals surface area contributed by atoms with E-state index in [4.69, 9.17) is 26.7 Å². The van der Waals surface area contributed by atoms with E-state index in [2.05, 4.69) is 10.6 Å². The molecular weight excluding hydrogens is 534 g/mol. The molecule has 3 N–H and O–H groups in total. The number of carboxylic acids is 1. The van der Waals surface area contributed by atoms with Gasteiger partial charge in [0.15, 0.2) is 0 Å². The van der Waals surface area contributed by atoms with E-state index in [0.29, 0.717) is 51.2 Å². The average Bonchev–Trinajstić information content (AvgIpc) is 2.92. The minimum absolute atomic E-state index is 0.0519. The fourth-order valence-electron chi connectivity index (χ4n) is 4.47. The van der Waals surface area contributed by atoms with Crippen LogP contribution in [0.3, 0.4) is 0 Å². The van der Waals surface area contributed by atoms with Crippen molar-refractivity contribution in [1.29, 1.82) is 0 Å². The number of ether oxygens (including phenoxy) is 2. The number of hydrogen-bond donors (Lipinski definition) is 3. The van der Waals surface area contributed by atoms with Gasteiger partial charge in [0.05, 0.1) is 29.0 Å². The van der Waals surface area contributed by atoms with Crippen LogP contribution in [0.25, 0.3) is 0 Å². The van der Waals surface area contributed by atoms with Crippen molar-refractivity contribution in [3.63, 3.8) is 0 Å². The van der Waals surface area contributed by atoms with Crippen LogP contribution < -0.4 is 10.6 Å². The van der Waals surface area contributed by atoms with Crippen molar-refractivity contribution >= 4 is 41.8 Å². The predicted octanol–water partition coefficient (Wildman–Crippen LogP) is 2.22. The Morgan fingerprint density at radius 3 is 2.55 bits per heavy atom. The second-order valence-electron chi connectivity index (χ2n) is 10.0. The van der Waals surface area contributed by atoms with Crippen LogP contribution in [0, 0.1) is 5.92 Å².